The first-order valence-corrected chi connectivity index (χ1v) is 11.8. The van der Waals surface area contributed by atoms with Crippen LogP contribution >= 0.6 is 0 Å². The third kappa shape index (κ3) is 6.60. The van der Waals surface area contributed by atoms with Gasteiger partial charge in [-0.1, -0.05) is 26.0 Å². The predicted octanol–water partition coefficient (Wildman–Crippen LogP) is 2.46. The van der Waals surface area contributed by atoms with E-state index < -0.39 is 26.2 Å². The first kappa shape index (κ1) is 23.6. The lowest BCUT2D eigenvalue weighted by atomic mass is 10.1. The lowest BCUT2D eigenvalue weighted by Crippen LogP contribution is -2.37. The van der Waals surface area contributed by atoms with Gasteiger partial charge in [0.25, 0.3) is 10.1 Å². The molecule has 7 nitrogen and oxygen atoms in total. The second kappa shape index (κ2) is 9.18. The molecule has 154 valence electrons. The average Bonchev–Trinajstić information content (AvgIpc) is 2.52. The van der Waals surface area contributed by atoms with Crippen LogP contribution in [0.15, 0.2) is 23.1 Å². The molecule has 1 N–H and O–H groups in total. The minimum atomic E-state index is -3.79. The van der Waals surface area contributed by atoms with Gasteiger partial charge in [-0.05, 0) is 49.4 Å². The van der Waals surface area contributed by atoms with Crippen molar-refractivity contribution in [2.45, 2.75) is 45.6 Å². The fourth-order valence-electron chi connectivity index (χ4n) is 2.65. The highest BCUT2D eigenvalue weighted by molar-refractivity contribution is 7.89. The van der Waals surface area contributed by atoms with E-state index in [1.807, 2.05) is 20.8 Å². The summed E-state index contributed by atoms with van der Waals surface area (Å²) in [4.78, 5) is 0.229. The van der Waals surface area contributed by atoms with E-state index in [4.69, 9.17) is 4.74 Å². The first-order valence-electron chi connectivity index (χ1n) is 8.48. The van der Waals surface area contributed by atoms with Gasteiger partial charge in [0.1, 0.15) is 5.75 Å². The summed E-state index contributed by atoms with van der Waals surface area (Å²) in [5.41, 5.74) is 1.99. The summed E-state index contributed by atoms with van der Waals surface area (Å²) in [6.07, 6.45) is 4.06. The molecule has 0 aliphatic heterocycles. The van der Waals surface area contributed by atoms with E-state index in [1.54, 1.807) is 33.1 Å². The van der Waals surface area contributed by atoms with Gasteiger partial charge in [0.15, 0.2) is 0 Å². The zero-order chi connectivity index (χ0) is 21.0. The van der Waals surface area contributed by atoms with E-state index in [2.05, 4.69) is 8.91 Å². The molecule has 1 aromatic carbocycles. The third-order valence-corrected chi connectivity index (χ3v) is 6.51. The predicted molar refractivity (Wildman–Crippen MR) is 106 cm³/mol. The second-order valence-electron chi connectivity index (χ2n) is 6.78. The summed E-state index contributed by atoms with van der Waals surface area (Å²) in [7, 11) is -5.79. The molecule has 0 aromatic heterocycles. The molecule has 1 rings (SSSR count). The summed E-state index contributed by atoms with van der Waals surface area (Å²) < 4.78 is 60.7. The molecule has 0 aliphatic rings. The van der Waals surface area contributed by atoms with Crippen molar-refractivity contribution in [1.29, 1.82) is 0 Å². The SMILES string of the molecule is COc1cc(C)c(S(=O)(=O)N[C@H](/C=C\COS(C)(=O)=O)C(C)C)c(C)c1C. The average molecular weight is 420 g/mol. The van der Waals surface area contributed by atoms with Crippen molar-refractivity contribution in [3.05, 3.63) is 34.9 Å². The summed E-state index contributed by atoms with van der Waals surface area (Å²) in [6, 6.07) is 1.19. The van der Waals surface area contributed by atoms with Gasteiger partial charge in [0, 0.05) is 6.04 Å². The molecule has 0 amide bonds. The topological polar surface area (TPSA) is 98.8 Å². The quantitative estimate of drug-likeness (QED) is 0.488. The first-order chi connectivity index (χ1) is 12.3. The number of hydrogen-bond donors (Lipinski definition) is 1. The lowest BCUT2D eigenvalue weighted by molar-refractivity contribution is 0.360. The standard InChI is InChI=1S/C18H29NO6S2/c1-12(2)16(9-8-10-25-26(7,20)21)19-27(22,23)18-13(3)11-17(24-6)14(4)15(18)5/h8-9,11-12,16,19H,10H2,1-7H3/b9-8-/t16-/m1/s1. The van der Waals surface area contributed by atoms with E-state index in [-0.39, 0.29) is 17.4 Å². The van der Waals surface area contributed by atoms with Gasteiger partial charge in [0.2, 0.25) is 10.0 Å². The molecule has 0 heterocycles. The van der Waals surface area contributed by atoms with Crippen molar-refractivity contribution in [2.75, 3.05) is 20.0 Å². The lowest BCUT2D eigenvalue weighted by Gasteiger charge is -2.22. The molecule has 0 unspecified atom stereocenters. The Hall–Kier alpha value is -1.42. The van der Waals surface area contributed by atoms with Crippen molar-refractivity contribution >= 4 is 20.1 Å². The molecule has 27 heavy (non-hydrogen) atoms. The molecular weight excluding hydrogens is 390 g/mol. The fourth-order valence-corrected chi connectivity index (χ4v) is 4.84. The Labute approximate surface area is 162 Å². The van der Waals surface area contributed by atoms with E-state index in [0.29, 0.717) is 16.9 Å². The molecule has 0 spiro atoms. The van der Waals surface area contributed by atoms with Crippen molar-refractivity contribution in [1.82, 2.24) is 4.72 Å². The van der Waals surface area contributed by atoms with Crippen LogP contribution in [0.25, 0.3) is 0 Å². The maximum atomic E-state index is 13.0. The summed E-state index contributed by atoms with van der Waals surface area (Å²) in [6.45, 7) is 8.88. The fraction of sp³-hybridized carbons (Fsp3) is 0.556. The maximum absolute atomic E-state index is 13.0. The van der Waals surface area contributed by atoms with E-state index in [0.717, 1.165) is 11.8 Å². The van der Waals surface area contributed by atoms with Gasteiger partial charge in [-0.2, -0.15) is 8.42 Å². The molecule has 9 heteroatoms. The van der Waals surface area contributed by atoms with Crippen LogP contribution < -0.4 is 9.46 Å². The Morgan fingerprint density at radius 2 is 1.70 bits per heavy atom. The Morgan fingerprint density at radius 1 is 1.11 bits per heavy atom. The van der Waals surface area contributed by atoms with Gasteiger partial charge in [-0.3, -0.25) is 4.18 Å². The molecule has 0 saturated heterocycles. The Kier molecular flexibility index (Phi) is 8.03. The zero-order valence-corrected chi connectivity index (χ0v) is 18.5. The summed E-state index contributed by atoms with van der Waals surface area (Å²) in [5, 5.41) is 0. The minimum absolute atomic E-state index is 0.0470. The van der Waals surface area contributed by atoms with Crippen LogP contribution in [0.1, 0.15) is 30.5 Å². The van der Waals surface area contributed by atoms with Crippen molar-refractivity contribution in [3.63, 3.8) is 0 Å². The summed E-state index contributed by atoms with van der Waals surface area (Å²) in [5.74, 6) is 0.594. The number of hydrogen-bond acceptors (Lipinski definition) is 6. The number of nitrogens with one attached hydrogen (secondary N) is 1. The smallest absolute Gasteiger partial charge is 0.264 e. The largest absolute Gasteiger partial charge is 0.496 e. The molecule has 0 aliphatic carbocycles. The molecule has 0 fully saturated rings. The van der Waals surface area contributed by atoms with Gasteiger partial charge in [-0.25, -0.2) is 13.1 Å². The maximum Gasteiger partial charge on any atom is 0.264 e. The zero-order valence-electron chi connectivity index (χ0n) is 16.9. The van der Waals surface area contributed by atoms with E-state index in [1.165, 1.54) is 6.08 Å². The van der Waals surface area contributed by atoms with Crippen molar-refractivity contribution in [2.24, 2.45) is 5.92 Å². The molecule has 1 aromatic rings. The number of sulfonamides is 1. The van der Waals surface area contributed by atoms with Crippen LogP contribution in [-0.4, -0.2) is 42.8 Å². The van der Waals surface area contributed by atoms with Crippen LogP contribution in [-0.2, 0) is 24.3 Å². The molecule has 0 bridgehead atoms. The van der Waals surface area contributed by atoms with Crippen LogP contribution in [0.4, 0.5) is 0 Å². The van der Waals surface area contributed by atoms with E-state index in [9.17, 15) is 16.8 Å². The van der Waals surface area contributed by atoms with Gasteiger partial charge < -0.3 is 4.74 Å². The Bertz CT molecular complexity index is 902. The minimum Gasteiger partial charge on any atom is -0.496 e. The van der Waals surface area contributed by atoms with Gasteiger partial charge in [0.05, 0.1) is 24.9 Å². The van der Waals surface area contributed by atoms with E-state index >= 15 is 0 Å². The monoisotopic (exact) mass is 419 g/mol. The van der Waals surface area contributed by atoms with Gasteiger partial charge >= 0.3 is 0 Å². The molecule has 1 atom stereocenters. The number of methoxy groups -OCH3 is 1. The van der Waals surface area contributed by atoms with Crippen LogP contribution in [0.2, 0.25) is 0 Å². The molecule has 0 radical (unpaired) electrons. The van der Waals surface area contributed by atoms with Crippen molar-refractivity contribution < 1.29 is 25.8 Å². The number of aryl methyl sites for hydroxylation is 1. The normalized spacial score (nSPS) is 14.1. The second-order valence-corrected chi connectivity index (χ2v) is 10.1. The molecule has 0 saturated carbocycles. The van der Waals surface area contributed by atoms with Gasteiger partial charge in [-0.15, -0.1) is 0 Å². The van der Waals surface area contributed by atoms with Crippen LogP contribution in [0.5, 0.6) is 5.75 Å². The van der Waals surface area contributed by atoms with Crippen molar-refractivity contribution in [3.8, 4) is 5.75 Å². The third-order valence-electron chi connectivity index (χ3n) is 4.20. The van der Waals surface area contributed by atoms with Crippen LogP contribution in [0.3, 0.4) is 0 Å². The number of benzene rings is 1. The number of rotatable bonds is 9. The number of ether oxygens (including phenoxy) is 1. The van der Waals surface area contributed by atoms with Crippen LogP contribution in [0, 0.1) is 26.7 Å². The highest BCUT2D eigenvalue weighted by atomic mass is 32.2. The molecular formula is C18H29NO6S2. The highest BCUT2D eigenvalue weighted by Gasteiger charge is 2.26. The highest BCUT2D eigenvalue weighted by Crippen LogP contribution is 2.30. The summed E-state index contributed by atoms with van der Waals surface area (Å²) >= 11 is 0. The Balaban J connectivity index is 3.16. The Morgan fingerprint density at radius 3 is 2.19 bits per heavy atom.